The van der Waals surface area contributed by atoms with Crippen molar-refractivity contribution in [3.63, 3.8) is 0 Å². The Kier molecular flexibility index (Phi) is 6.89. The fraction of sp³-hybridized carbons (Fsp3) is 0.348. The summed E-state index contributed by atoms with van der Waals surface area (Å²) >= 11 is 0. The number of benzene rings is 2. The zero-order chi connectivity index (χ0) is 22.5. The van der Waals surface area contributed by atoms with Gasteiger partial charge in [0, 0.05) is 37.0 Å². The van der Waals surface area contributed by atoms with Crippen molar-refractivity contribution < 1.29 is 13.9 Å². The molecule has 0 bridgehead atoms. The molecule has 1 fully saturated rings. The molecule has 0 aromatic heterocycles. The first-order valence-corrected chi connectivity index (χ1v) is 10.3. The molecule has 8 heteroatoms. The number of likely N-dealkylation sites (N-methyl/N-ethyl adjacent to an activating group) is 1. The van der Waals surface area contributed by atoms with Crippen molar-refractivity contribution in [1.82, 2.24) is 4.90 Å². The molecular weight excluding hydrogens is 397 g/mol. The Morgan fingerprint density at radius 2 is 1.90 bits per heavy atom. The van der Waals surface area contributed by atoms with Gasteiger partial charge in [0.25, 0.3) is 0 Å². The van der Waals surface area contributed by atoms with Crippen molar-refractivity contribution in [3.05, 3.63) is 59.4 Å². The van der Waals surface area contributed by atoms with E-state index < -0.39 is 17.8 Å². The van der Waals surface area contributed by atoms with Crippen molar-refractivity contribution in [2.45, 2.75) is 32.2 Å². The lowest BCUT2D eigenvalue weighted by Gasteiger charge is -2.28. The lowest BCUT2D eigenvalue weighted by molar-refractivity contribution is -0.136. The molecule has 4 N–H and O–H groups in total. The summed E-state index contributed by atoms with van der Waals surface area (Å²) in [7, 11) is 1.74. The van der Waals surface area contributed by atoms with Crippen molar-refractivity contribution in [3.8, 4) is 5.75 Å². The first kappa shape index (κ1) is 22.3. The van der Waals surface area contributed by atoms with Crippen molar-refractivity contribution in [1.29, 1.82) is 10.8 Å². The van der Waals surface area contributed by atoms with Crippen LogP contribution in [0, 0.1) is 16.6 Å². The maximum atomic E-state index is 14.6. The first-order valence-electron chi connectivity index (χ1n) is 10.3. The van der Waals surface area contributed by atoms with Gasteiger partial charge in [0.05, 0.1) is 0 Å². The van der Waals surface area contributed by atoms with E-state index in [0.717, 1.165) is 25.9 Å². The number of carbonyl (C=O) groups is 1. The van der Waals surface area contributed by atoms with E-state index in [1.165, 1.54) is 12.1 Å². The van der Waals surface area contributed by atoms with Gasteiger partial charge in [0.1, 0.15) is 17.7 Å². The number of rotatable bonds is 7. The number of nitrogen functional groups attached to an aromatic ring is 1. The van der Waals surface area contributed by atoms with E-state index in [4.69, 9.17) is 21.3 Å². The third-order valence-corrected chi connectivity index (χ3v) is 5.53. The number of likely N-dealkylation sites (tertiary alicyclic amines) is 1. The van der Waals surface area contributed by atoms with Crippen LogP contribution in [0.1, 0.15) is 37.3 Å². The molecule has 164 valence electrons. The standard InChI is InChI=1S/C23H28FN5O2/c1-3-19(28(2)17-8-6-7-15(13-17)21(25)26)23(30)31-20-10-9-16(14-18(20)24)22(27)29-11-4-5-12-29/h6-10,13-14,19,27H,3-5,11-12H2,1-2H3,(H3,25,26). The van der Waals surface area contributed by atoms with Crippen molar-refractivity contribution in [2.75, 3.05) is 25.0 Å². The maximum absolute atomic E-state index is 14.6. The number of hydrogen-bond donors (Lipinski definition) is 3. The molecule has 1 unspecified atom stereocenters. The molecule has 1 aliphatic rings. The summed E-state index contributed by atoms with van der Waals surface area (Å²) in [5.74, 6) is -1.20. The minimum absolute atomic E-state index is 0.0625. The minimum atomic E-state index is -0.675. The van der Waals surface area contributed by atoms with Gasteiger partial charge in [-0.3, -0.25) is 10.8 Å². The number of halogens is 1. The molecule has 0 spiro atoms. The third kappa shape index (κ3) is 5.02. The number of ether oxygens (including phenoxy) is 1. The Morgan fingerprint density at radius 1 is 1.19 bits per heavy atom. The van der Waals surface area contributed by atoms with Crippen LogP contribution >= 0.6 is 0 Å². The van der Waals surface area contributed by atoms with Crippen molar-refractivity contribution in [2.24, 2.45) is 5.73 Å². The molecule has 1 heterocycles. The summed E-state index contributed by atoms with van der Waals surface area (Å²) in [5.41, 5.74) is 7.27. The second kappa shape index (κ2) is 9.59. The Morgan fingerprint density at radius 3 is 2.52 bits per heavy atom. The smallest absolute Gasteiger partial charge is 0.334 e. The van der Waals surface area contributed by atoms with Gasteiger partial charge in [0.15, 0.2) is 11.6 Å². The number of nitrogens with one attached hydrogen (secondary N) is 2. The molecule has 1 atom stereocenters. The molecule has 1 saturated heterocycles. The van der Waals surface area contributed by atoms with E-state index in [1.54, 1.807) is 36.2 Å². The zero-order valence-electron chi connectivity index (χ0n) is 17.8. The molecule has 31 heavy (non-hydrogen) atoms. The SMILES string of the molecule is CCC(C(=O)Oc1ccc(C(=N)N2CCCC2)cc1F)N(C)c1cccc(C(=N)N)c1. The summed E-state index contributed by atoms with van der Waals surface area (Å²) in [6.45, 7) is 3.44. The molecule has 0 radical (unpaired) electrons. The molecule has 0 aliphatic carbocycles. The van der Waals surface area contributed by atoms with Crippen LogP contribution in [0.25, 0.3) is 0 Å². The average Bonchev–Trinajstić information content (AvgIpc) is 3.30. The lowest BCUT2D eigenvalue weighted by atomic mass is 10.1. The van der Waals surface area contributed by atoms with Gasteiger partial charge < -0.3 is 20.3 Å². The zero-order valence-corrected chi connectivity index (χ0v) is 17.8. The highest BCUT2D eigenvalue weighted by molar-refractivity contribution is 5.97. The number of nitrogens with zero attached hydrogens (tertiary/aromatic N) is 2. The van der Waals surface area contributed by atoms with E-state index in [1.807, 2.05) is 17.9 Å². The maximum Gasteiger partial charge on any atom is 0.334 e. The number of nitrogens with two attached hydrogens (primary N) is 1. The summed E-state index contributed by atoms with van der Waals surface area (Å²) in [4.78, 5) is 16.5. The summed E-state index contributed by atoms with van der Waals surface area (Å²) in [6, 6.07) is 10.6. The molecular formula is C23H28FN5O2. The second-order valence-corrected chi connectivity index (χ2v) is 7.61. The van der Waals surface area contributed by atoms with E-state index in [2.05, 4.69) is 0 Å². The number of esters is 1. The van der Waals surface area contributed by atoms with Crippen LogP contribution in [0.15, 0.2) is 42.5 Å². The Labute approximate surface area is 181 Å². The number of amidine groups is 2. The van der Waals surface area contributed by atoms with Crippen LogP contribution in [-0.4, -0.2) is 48.7 Å². The van der Waals surface area contributed by atoms with Gasteiger partial charge in [0.2, 0.25) is 0 Å². The van der Waals surface area contributed by atoms with Crippen LogP contribution in [0.3, 0.4) is 0 Å². The molecule has 7 nitrogen and oxygen atoms in total. The Balaban J connectivity index is 1.73. The largest absolute Gasteiger partial charge is 0.422 e. The molecule has 1 aliphatic heterocycles. The van der Waals surface area contributed by atoms with Gasteiger partial charge in [-0.2, -0.15) is 0 Å². The monoisotopic (exact) mass is 425 g/mol. The van der Waals surface area contributed by atoms with Crippen LogP contribution < -0.4 is 15.4 Å². The quantitative estimate of drug-likeness (QED) is 0.273. The highest BCUT2D eigenvalue weighted by Gasteiger charge is 2.26. The predicted molar refractivity (Wildman–Crippen MR) is 120 cm³/mol. The third-order valence-electron chi connectivity index (χ3n) is 5.53. The number of hydrogen-bond acceptors (Lipinski definition) is 5. The molecule has 3 rings (SSSR count). The highest BCUT2D eigenvalue weighted by Crippen LogP contribution is 2.24. The van der Waals surface area contributed by atoms with E-state index in [-0.39, 0.29) is 17.4 Å². The fourth-order valence-electron chi connectivity index (χ4n) is 3.70. The van der Waals surface area contributed by atoms with Gasteiger partial charge in [-0.25, -0.2) is 9.18 Å². The first-order chi connectivity index (χ1) is 14.8. The Bertz CT molecular complexity index is 988. The molecule has 0 amide bonds. The van der Waals surface area contributed by atoms with Crippen molar-refractivity contribution >= 4 is 23.3 Å². The second-order valence-electron chi connectivity index (χ2n) is 7.61. The van der Waals surface area contributed by atoms with E-state index in [9.17, 15) is 9.18 Å². The van der Waals surface area contributed by atoms with Crippen LogP contribution in [0.4, 0.5) is 10.1 Å². The van der Waals surface area contributed by atoms with E-state index >= 15 is 0 Å². The minimum Gasteiger partial charge on any atom is -0.422 e. The molecule has 2 aromatic carbocycles. The van der Waals surface area contributed by atoms with Gasteiger partial charge in [-0.05, 0) is 49.6 Å². The predicted octanol–water partition coefficient (Wildman–Crippen LogP) is 3.35. The number of anilines is 1. The topological polar surface area (TPSA) is 107 Å². The molecule has 2 aromatic rings. The summed E-state index contributed by atoms with van der Waals surface area (Å²) < 4.78 is 20.0. The van der Waals surface area contributed by atoms with Gasteiger partial charge in [-0.15, -0.1) is 0 Å². The summed E-state index contributed by atoms with van der Waals surface area (Å²) in [5, 5.41) is 15.8. The average molecular weight is 426 g/mol. The fourth-order valence-corrected chi connectivity index (χ4v) is 3.70. The van der Waals surface area contributed by atoms with Crippen LogP contribution in [0.5, 0.6) is 5.75 Å². The Hall–Kier alpha value is -3.42. The summed E-state index contributed by atoms with van der Waals surface area (Å²) in [6.07, 6.45) is 2.50. The normalized spacial score (nSPS) is 14.2. The van der Waals surface area contributed by atoms with Gasteiger partial charge >= 0.3 is 5.97 Å². The molecule has 0 saturated carbocycles. The van der Waals surface area contributed by atoms with E-state index in [0.29, 0.717) is 23.2 Å². The van der Waals surface area contributed by atoms with Gasteiger partial charge in [-0.1, -0.05) is 19.1 Å². The van der Waals surface area contributed by atoms with Crippen LogP contribution in [-0.2, 0) is 4.79 Å². The lowest BCUT2D eigenvalue weighted by Crippen LogP contribution is -2.41. The van der Waals surface area contributed by atoms with Crippen LogP contribution in [0.2, 0.25) is 0 Å². The highest BCUT2D eigenvalue weighted by atomic mass is 19.1. The number of carbonyl (C=O) groups excluding carboxylic acids is 1.